The topological polar surface area (TPSA) is 90.5 Å². The van der Waals surface area contributed by atoms with E-state index in [0.29, 0.717) is 30.0 Å². The summed E-state index contributed by atoms with van der Waals surface area (Å²) in [4.78, 5) is 38.2. The van der Waals surface area contributed by atoms with Crippen molar-refractivity contribution < 1.29 is 14.4 Å². The lowest BCUT2D eigenvalue weighted by atomic mass is 10.1. The SMILES string of the molecule is Cc1ccc(NC(=O)C(C)C)cc1NC(=O)c1ccc(N2CCNC2=O)c(C)c1. The summed E-state index contributed by atoms with van der Waals surface area (Å²) in [5.41, 5.74) is 4.31. The van der Waals surface area contributed by atoms with Gasteiger partial charge in [-0.15, -0.1) is 0 Å². The maximum atomic E-state index is 12.8. The molecule has 1 aliphatic heterocycles. The molecule has 3 rings (SSSR count). The van der Waals surface area contributed by atoms with Crippen LogP contribution in [0.2, 0.25) is 0 Å². The van der Waals surface area contributed by atoms with Crippen molar-refractivity contribution in [1.29, 1.82) is 0 Å². The van der Waals surface area contributed by atoms with Crippen LogP contribution in [0.4, 0.5) is 21.9 Å². The van der Waals surface area contributed by atoms with Crippen LogP contribution in [0.15, 0.2) is 36.4 Å². The minimum atomic E-state index is -0.249. The normalized spacial score (nSPS) is 13.4. The molecule has 4 amide bonds. The van der Waals surface area contributed by atoms with Gasteiger partial charge in [-0.1, -0.05) is 19.9 Å². The predicted molar refractivity (Wildman–Crippen MR) is 115 cm³/mol. The Labute approximate surface area is 170 Å². The van der Waals surface area contributed by atoms with E-state index in [1.165, 1.54) is 0 Å². The van der Waals surface area contributed by atoms with Crippen molar-refractivity contribution in [1.82, 2.24) is 5.32 Å². The first kappa shape index (κ1) is 20.4. The summed E-state index contributed by atoms with van der Waals surface area (Å²) in [5.74, 6) is -0.460. The number of anilines is 3. The highest BCUT2D eigenvalue weighted by Crippen LogP contribution is 2.25. The maximum Gasteiger partial charge on any atom is 0.322 e. The van der Waals surface area contributed by atoms with Crippen molar-refractivity contribution in [2.75, 3.05) is 28.6 Å². The Bertz CT molecular complexity index is 969. The lowest BCUT2D eigenvalue weighted by molar-refractivity contribution is -0.118. The molecule has 0 saturated carbocycles. The fraction of sp³-hybridized carbons (Fsp3) is 0.318. The Kier molecular flexibility index (Phi) is 5.87. The lowest BCUT2D eigenvalue weighted by Gasteiger charge is -2.18. The van der Waals surface area contributed by atoms with E-state index in [-0.39, 0.29) is 23.8 Å². The van der Waals surface area contributed by atoms with Gasteiger partial charge in [-0.2, -0.15) is 0 Å². The molecule has 0 radical (unpaired) electrons. The first-order valence-electron chi connectivity index (χ1n) is 9.65. The highest BCUT2D eigenvalue weighted by atomic mass is 16.2. The second kappa shape index (κ2) is 8.34. The van der Waals surface area contributed by atoms with Gasteiger partial charge in [0.15, 0.2) is 0 Å². The molecule has 1 saturated heterocycles. The van der Waals surface area contributed by atoms with Crippen LogP contribution in [0.5, 0.6) is 0 Å². The molecule has 0 bridgehead atoms. The lowest BCUT2D eigenvalue weighted by Crippen LogP contribution is -2.28. The molecular formula is C22H26N4O3. The Morgan fingerprint density at radius 2 is 1.79 bits per heavy atom. The van der Waals surface area contributed by atoms with Crippen molar-refractivity contribution in [3.63, 3.8) is 0 Å². The Morgan fingerprint density at radius 3 is 2.41 bits per heavy atom. The second-order valence-corrected chi connectivity index (χ2v) is 7.51. The van der Waals surface area contributed by atoms with Gasteiger partial charge in [0, 0.05) is 41.6 Å². The molecular weight excluding hydrogens is 368 g/mol. The van der Waals surface area contributed by atoms with Crippen molar-refractivity contribution >= 4 is 34.9 Å². The summed E-state index contributed by atoms with van der Waals surface area (Å²) in [5, 5.41) is 8.53. The van der Waals surface area contributed by atoms with Crippen LogP contribution in [-0.2, 0) is 4.79 Å². The zero-order valence-electron chi connectivity index (χ0n) is 17.1. The van der Waals surface area contributed by atoms with Gasteiger partial charge in [0.2, 0.25) is 5.91 Å². The molecule has 0 atom stereocenters. The maximum absolute atomic E-state index is 12.8. The average molecular weight is 394 g/mol. The number of benzene rings is 2. The van der Waals surface area contributed by atoms with Crippen LogP contribution >= 0.6 is 0 Å². The molecule has 2 aromatic carbocycles. The first-order chi connectivity index (χ1) is 13.8. The number of aryl methyl sites for hydroxylation is 2. The molecule has 7 heteroatoms. The van der Waals surface area contributed by atoms with E-state index in [0.717, 1.165) is 16.8 Å². The number of carbonyl (C=O) groups excluding carboxylic acids is 3. The molecule has 0 aromatic heterocycles. The van der Waals surface area contributed by atoms with Gasteiger partial charge in [0.1, 0.15) is 0 Å². The molecule has 0 unspecified atom stereocenters. The van der Waals surface area contributed by atoms with E-state index in [2.05, 4.69) is 16.0 Å². The molecule has 29 heavy (non-hydrogen) atoms. The summed E-state index contributed by atoms with van der Waals surface area (Å²) in [6.45, 7) is 8.64. The van der Waals surface area contributed by atoms with Crippen molar-refractivity contribution in [3.05, 3.63) is 53.1 Å². The summed E-state index contributed by atoms with van der Waals surface area (Å²) in [7, 11) is 0. The molecule has 1 heterocycles. The molecule has 2 aromatic rings. The van der Waals surface area contributed by atoms with Crippen molar-refractivity contribution in [3.8, 4) is 0 Å². The van der Waals surface area contributed by atoms with E-state index in [1.807, 2.05) is 39.8 Å². The van der Waals surface area contributed by atoms with Crippen molar-refractivity contribution in [2.24, 2.45) is 5.92 Å². The largest absolute Gasteiger partial charge is 0.336 e. The number of rotatable bonds is 5. The van der Waals surface area contributed by atoms with Crippen LogP contribution in [0.25, 0.3) is 0 Å². The fourth-order valence-electron chi connectivity index (χ4n) is 3.12. The van der Waals surface area contributed by atoms with E-state index < -0.39 is 0 Å². The van der Waals surface area contributed by atoms with Crippen LogP contribution in [0.1, 0.15) is 35.3 Å². The Morgan fingerprint density at radius 1 is 1.03 bits per heavy atom. The van der Waals surface area contributed by atoms with Crippen LogP contribution in [0, 0.1) is 19.8 Å². The van der Waals surface area contributed by atoms with E-state index in [4.69, 9.17) is 0 Å². The average Bonchev–Trinajstić information content (AvgIpc) is 3.09. The molecule has 152 valence electrons. The van der Waals surface area contributed by atoms with Crippen LogP contribution in [-0.4, -0.2) is 30.9 Å². The number of hydrogen-bond donors (Lipinski definition) is 3. The number of nitrogens with zero attached hydrogens (tertiary/aromatic N) is 1. The van der Waals surface area contributed by atoms with Gasteiger partial charge in [-0.3, -0.25) is 14.5 Å². The van der Waals surface area contributed by atoms with Crippen LogP contribution in [0.3, 0.4) is 0 Å². The van der Waals surface area contributed by atoms with Gasteiger partial charge in [0.05, 0.1) is 0 Å². The van der Waals surface area contributed by atoms with E-state index in [1.54, 1.807) is 29.2 Å². The summed E-state index contributed by atoms with van der Waals surface area (Å²) >= 11 is 0. The minimum Gasteiger partial charge on any atom is -0.336 e. The van der Waals surface area contributed by atoms with Gasteiger partial charge < -0.3 is 16.0 Å². The van der Waals surface area contributed by atoms with E-state index in [9.17, 15) is 14.4 Å². The van der Waals surface area contributed by atoms with Crippen LogP contribution < -0.4 is 20.9 Å². The zero-order valence-corrected chi connectivity index (χ0v) is 17.1. The van der Waals surface area contributed by atoms with Gasteiger partial charge >= 0.3 is 6.03 Å². The third-order valence-corrected chi connectivity index (χ3v) is 4.88. The number of hydrogen-bond acceptors (Lipinski definition) is 3. The van der Waals surface area contributed by atoms with E-state index >= 15 is 0 Å². The third-order valence-electron chi connectivity index (χ3n) is 4.88. The van der Waals surface area contributed by atoms with Gasteiger partial charge in [-0.25, -0.2) is 4.79 Å². The molecule has 3 N–H and O–H groups in total. The summed E-state index contributed by atoms with van der Waals surface area (Å²) in [6, 6.07) is 10.6. The summed E-state index contributed by atoms with van der Waals surface area (Å²) < 4.78 is 0. The quantitative estimate of drug-likeness (QED) is 0.722. The predicted octanol–water partition coefficient (Wildman–Crippen LogP) is 3.68. The van der Waals surface area contributed by atoms with Crippen molar-refractivity contribution in [2.45, 2.75) is 27.7 Å². The molecule has 1 fully saturated rings. The Balaban J connectivity index is 1.77. The Hall–Kier alpha value is -3.35. The first-order valence-corrected chi connectivity index (χ1v) is 9.65. The number of amides is 4. The van der Waals surface area contributed by atoms with Gasteiger partial charge in [-0.05, 0) is 55.3 Å². The number of urea groups is 1. The number of carbonyl (C=O) groups is 3. The molecule has 1 aliphatic rings. The second-order valence-electron chi connectivity index (χ2n) is 7.51. The zero-order chi connectivity index (χ0) is 21.1. The summed E-state index contributed by atoms with van der Waals surface area (Å²) in [6.07, 6.45) is 0. The fourth-order valence-corrected chi connectivity index (χ4v) is 3.12. The highest BCUT2D eigenvalue weighted by Gasteiger charge is 2.23. The molecule has 0 aliphatic carbocycles. The smallest absolute Gasteiger partial charge is 0.322 e. The molecule has 0 spiro atoms. The monoisotopic (exact) mass is 394 g/mol. The highest BCUT2D eigenvalue weighted by molar-refractivity contribution is 6.06. The third kappa shape index (κ3) is 4.56. The van der Waals surface area contributed by atoms with Gasteiger partial charge in [0.25, 0.3) is 5.91 Å². The molecule has 7 nitrogen and oxygen atoms in total. The standard InChI is InChI=1S/C22H26N4O3/c1-13(2)20(27)24-17-7-5-14(3)18(12-17)25-21(28)16-6-8-19(15(4)11-16)26-10-9-23-22(26)29/h5-8,11-13H,9-10H2,1-4H3,(H,23,29)(H,24,27)(H,25,28). The minimum absolute atomic E-state index is 0.0803. The number of nitrogens with one attached hydrogen (secondary N) is 3.